The fourth-order valence-corrected chi connectivity index (χ4v) is 3.16. The van der Waals surface area contributed by atoms with Gasteiger partial charge in [-0.3, -0.25) is 9.97 Å². The van der Waals surface area contributed by atoms with E-state index in [1.165, 1.54) is 22.4 Å². The number of hydrogen-bond acceptors (Lipinski definition) is 3. The number of aryl methyl sites for hydroxylation is 2. The molecule has 2 unspecified atom stereocenters. The second kappa shape index (κ2) is 5.33. The third kappa shape index (κ3) is 2.46. The normalized spacial score (nSPS) is 21.6. The summed E-state index contributed by atoms with van der Waals surface area (Å²) in [6.07, 6.45) is 6.92. The summed E-state index contributed by atoms with van der Waals surface area (Å²) < 4.78 is 0. The minimum atomic E-state index is 0.0922. The van der Waals surface area contributed by atoms with Crippen molar-refractivity contribution in [1.29, 1.82) is 0 Å². The average molecular weight is 267 g/mol. The predicted octanol–water partition coefficient (Wildman–Crippen LogP) is 3.21. The molecule has 2 heterocycles. The maximum absolute atomic E-state index is 6.17. The SMILES string of the molecule is Cc1cnc(CC2CCC(N)c3ncccc32)c(C)c1. The molecule has 0 fully saturated rings. The Morgan fingerprint density at radius 3 is 2.90 bits per heavy atom. The summed E-state index contributed by atoms with van der Waals surface area (Å²) in [6.45, 7) is 4.23. The van der Waals surface area contributed by atoms with E-state index >= 15 is 0 Å². The number of rotatable bonds is 2. The number of hydrogen-bond donors (Lipinski definition) is 1. The van der Waals surface area contributed by atoms with E-state index in [0.717, 1.165) is 25.0 Å². The van der Waals surface area contributed by atoms with E-state index in [2.05, 4.69) is 35.9 Å². The molecule has 2 atom stereocenters. The van der Waals surface area contributed by atoms with Crippen LogP contribution in [0.3, 0.4) is 0 Å². The maximum Gasteiger partial charge on any atom is 0.0605 e. The van der Waals surface area contributed by atoms with Crippen LogP contribution in [0.1, 0.15) is 52.9 Å². The molecule has 3 heteroatoms. The number of nitrogens with zero attached hydrogens (tertiary/aromatic N) is 2. The quantitative estimate of drug-likeness (QED) is 0.909. The molecule has 104 valence electrons. The van der Waals surface area contributed by atoms with Gasteiger partial charge in [-0.1, -0.05) is 12.1 Å². The van der Waals surface area contributed by atoms with Gasteiger partial charge in [0.2, 0.25) is 0 Å². The van der Waals surface area contributed by atoms with Crippen LogP contribution < -0.4 is 5.73 Å². The number of fused-ring (bicyclic) bond motifs is 1. The smallest absolute Gasteiger partial charge is 0.0605 e. The van der Waals surface area contributed by atoms with Gasteiger partial charge >= 0.3 is 0 Å². The Hall–Kier alpha value is -1.74. The van der Waals surface area contributed by atoms with Gasteiger partial charge in [-0.05, 0) is 61.8 Å². The topological polar surface area (TPSA) is 51.8 Å². The van der Waals surface area contributed by atoms with Crippen LogP contribution in [0.25, 0.3) is 0 Å². The summed E-state index contributed by atoms with van der Waals surface area (Å²) in [5.74, 6) is 0.493. The van der Waals surface area contributed by atoms with Crippen molar-refractivity contribution in [2.24, 2.45) is 5.73 Å². The van der Waals surface area contributed by atoms with Crippen LogP contribution in [0.15, 0.2) is 30.6 Å². The van der Waals surface area contributed by atoms with Crippen molar-refractivity contribution >= 4 is 0 Å². The van der Waals surface area contributed by atoms with Gasteiger partial charge in [0.1, 0.15) is 0 Å². The molecular formula is C17H21N3. The zero-order valence-electron chi connectivity index (χ0n) is 12.1. The van der Waals surface area contributed by atoms with E-state index in [0.29, 0.717) is 5.92 Å². The third-order valence-electron chi connectivity index (χ3n) is 4.25. The molecule has 2 aromatic heterocycles. The Morgan fingerprint density at radius 1 is 1.25 bits per heavy atom. The molecule has 3 rings (SSSR count). The zero-order chi connectivity index (χ0) is 14.1. The minimum Gasteiger partial charge on any atom is -0.323 e. The fourth-order valence-electron chi connectivity index (χ4n) is 3.16. The summed E-state index contributed by atoms with van der Waals surface area (Å²) in [6, 6.07) is 6.49. The molecule has 1 aliphatic carbocycles. The van der Waals surface area contributed by atoms with Crippen LogP contribution >= 0.6 is 0 Å². The molecule has 20 heavy (non-hydrogen) atoms. The van der Waals surface area contributed by atoms with Crippen molar-refractivity contribution in [2.75, 3.05) is 0 Å². The molecule has 0 spiro atoms. The van der Waals surface area contributed by atoms with Crippen molar-refractivity contribution in [3.05, 3.63) is 58.7 Å². The summed E-state index contributed by atoms with van der Waals surface area (Å²) in [5, 5.41) is 0. The lowest BCUT2D eigenvalue weighted by molar-refractivity contribution is 0.474. The fraction of sp³-hybridized carbons (Fsp3) is 0.412. The zero-order valence-corrected chi connectivity index (χ0v) is 12.1. The van der Waals surface area contributed by atoms with Crippen LogP contribution in [0.2, 0.25) is 0 Å². The molecule has 3 nitrogen and oxygen atoms in total. The highest BCUT2D eigenvalue weighted by atomic mass is 14.8. The van der Waals surface area contributed by atoms with Crippen LogP contribution in [-0.2, 0) is 6.42 Å². The van der Waals surface area contributed by atoms with Gasteiger partial charge in [0.05, 0.1) is 5.69 Å². The average Bonchev–Trinajstić information content (AvgIpc) is 2.45. The van der Waals surface area contributed by atoms with Crippen LogP contribution in [0, 0.1) is 13.8 Å². The van der Waals surface area contributed by atoms with Gasteiger partial charge in [0, 0.05) is 24.1 Å². The molecule has 0 aliphatic heterocycles. The Kier molecular flexibility index (Phi) is 3.53. The predicted molar refractivity (Wildman–Crippen MR) is 80.6 cm³/mol. The minimum absolute atomic E-state index is 0.0922. The van der Waals surface area contributed by atoms with Gasteiger partial charge < -0.3 is 5.73 Å². The number of nitrogens with two attached hydrogens (primary N) is 1. The van der Waals surface area contributed by atoms with Crippen LogP contribution in [-0.4, -0.2) is 9.97 Å². The highest BCUT2D eigenvalue weighted by molar-refractivity contribution is 5.32. The van der Waals surface area contributed by atoms with E-state index in [1.807, 2.05) is 18.5 Å². The van der Waals surface area contributed by atoms with Crippen LogP contribution in [0.5, 0.6) is 0 Å². The first kappa shape index (κ1) is 13.3. The van der Waals surface area contributed by atoms with E-state index in [4.69, 9.17) is 5.73 Å². The molecule has 0 radical (unpaired) electrons. The lowest BCUT2D eigenvalue weighted by Crippen LogP contribution is -2.23. The first-order valence-corrected chi connectivity index (χ1v) is 7.27. The van der Waals surface area contributed by atoms with E-state index in [1.54, 1.807) is 0 Å². The Bertz CT molecular complexity index is 621. The standard InChI is InChI=1S/C17H21N3/c1-11-8-12(2)16(20-10-11)9-13-5-6-15(18)17-14(13)4-3-7-19-17/h3-4,7-8,10,13,15H,5-6,9,18H2,1-2H3. The molecule has 0 bridgehead atoms. The van der Waals surface area contributed by atoms with Gasteiger partial charge in [0.15, 0.2) is 0 Å². The highest BCUT2D eigenvalue weighted by Crippen LogP contribution is 2.37. The number of aromatic nitrogens is 2. The maximum atomic E-state index is 6.17. The van der Waals surface area contributed by atoms with Gasteiger partial charge in [-0.15, -0.1) is 0 Å². The third-order valence-corrected chi connectivity index (χ3v) is 4.25. The first-order chi connectivity index (χ1) is 9.65. The van der Waals surface area contributed by atoms with Crippen molar-refractivity contribution in [3.63, 3.8) is 0 Å². The molecule has 0 saturated carbocycles. The Morgan fingerprint density at radius 2 is 2.10 bits per heavy atom. The summed E-state index contributed by atoms with van der Waals surface area (Å²) >= 11 is 0. The highest BCUT2D eigenvalue weighted by Gasteiger charge is 2.26. The molecule has 0 amide bonds. The largest absolute Gasteiger partial charge is 0.323 e. The van der Waals surface area contributed by atoms with E-state index in [9.17, 15) is 0 Å². The summed E-state index contributed by atoms with van der Waals surface area (Å²) in [5.41, 5.74) is 12.3. The molecular weight excluding hydrogens is 246 g/mol. The second-order valence-electron chi connectivity index (χ2n) is 5.84. The summed E-state index contributed by atoms with van der Waals surface area (Å²) in [4.78, 5) is 9.10. The number of pyridine rings is 2. The summed E-state index contributed by atoms with van der Waals surface area (Å²) in [7, 11) is 0. The van der Waals surface area contributed by atoms with Gasteiger partial charge in [-0.25, -0.2) is 0 Å². The Labute approximate surface area is 120 Å². The van der Waals surface area contributed by atoms with Gasteiger partial charge in [0.25, 0.3) is 0 Å². The lowest BCUT2D eigenvalue weighted by atomic mass is 9.80. The molecule has 0 aromatic carbocycles. The molecule has 1 aliphatic rings. The molecule has 0 saturated heterocycles. The van der Waals surface area contributed by atoms with Gasteiger partial charge in [-0.2, -0.15) is 0 Å². The van der Waals surface area contributed by atoms with Crippen molar-refractivity contribution in [1.82, 2.24) is 9.97 Å². The van der Waals surface area contributed by atoms with E-state index < -0.39 is 0 Å². The van der Waals surface area contributed by atoms with E-state index in [-0.39, 0.29) is 6.04 Å². The van der Waals surface area contributed by atoms with Crippen molar-refractivity contribution in [2.45, 2.75) is 45.1 Å². The van der Waals surface area contributed by atoms with Crippen molar-refractivity contribution < 1.29 is 0 Å². The Balaban J connectivity index is 1.90. The lowest BCUT2D eigenvalue weighted by Gasteiger charge is -2.28. The molecule has 2 N–H and O–H groups in total. The monoisotopic (exact) mass is 267 g/mol. The molecule has 2 aromatic rings. The first-order valence-electron chi connectivity index (χ1n) is 7.27. The van der Waals surface area contributed by atoms with Crippen LogP contribution in [0.4, 0.5) is 0 Å². The second-order valence-corrected chi connectivity index (χ2v) is 5.84. The van der Waals surface area contributed by atoms with Crippen molar-refractivity contribution in [3.8, 4) is 0 Å².